The van der Waals surface area contributed by atoms with Crippen LogP contribution in [0.4, 0.5) is 8.78 Å². The summed E-state index contributed by atoms with van der Waals surface area (Å²) >= 11 is 6.05. The molecule has 2 aromatic carbocycles. The predicted octanol–water partition coefficient (Wildman–Crippen LogP) is 4.44. The number of hydrogen-bond acceptors (Lipinski definition) is 6. The van der Waals surface area contributed by atoms with E-state index in [4.69, 9.17) is 21.1 Å². The number of esters is 1. The van der Waals surface area contributed by atoms with Crippen LogP contribution in [-0.2, 0) is 25.5 Å². The molecule has 3 heterocycles. The van der Waals surface area contributed by atoms with E-state index >= 15 is 4.39 Å². The Bertz CT molecular complexity index is 1290. The Balaban J connectivity index is 1.33. The maximum absolute atomic E-state index is 15.2. The number of likely N-dealkylation sites (tertiary alicyclic amines) is 1. The highest BCUT2D eigenvalue weighted by atomic mass is 35.5. The number of rotatable bonds is 7. The fourth-order valence-corrected chi connectivity index (χ4v) is 7.04. The second-order valence-electron chi connectivity index (χ2n) is 11.9. The normalized spacial score (nSPS) is 25.0. The van der Waals surface area contributed by atoms with Crippen molar-refractivity contribution >= 4 is 23.5 Å². The Kier molecular flexibility index (Phi) is 9.82. The van der Waals surface area contributed by atoms with Gasteiger partial charge in [0.25, 0.3) is 0 Å². The molecule has 0 unspecified atom stereocenters. The lowest BCUT2D eigenvalue weighted by atomic mass is 9.87. The molecule has 3 fully saturated rings. The molecule has 0 radical (unpaired) electrons. The Labute approximate surface area is 251 Å². The highest BCUT2D eigenvalue weighted by Crippen LogP contribution is 2.39. The van der Waals surface area contributed by atoms with Crippen molar-refractivity contribution in [3.63, 3.8) is 0 Å². The number of aryl methyl sites for hydroxylation is 1. The van der Waals surface area contributed by atoms with Crippen molar-refractivity contribution in [1.82, 2.24) is 14.7 Å². The van der Waals surface area contributed by atoms with E-state index in [0.29, 0.717) is 68.1 Å². The average molecular weight is 604 g/mol. The van der Waals surface area contributed by atoms with E-state index in [-0.39, 0.29) is 35.9 Å². The van der Waals surface area contributed by atoms with Crippen LogP contribution in [0.25, 0.3) is 0 Å². The molecule has 3 saturated heterocycles. The molecular formula is C32H40ClF2N3O4. The summed E-state index contributed by atoms with van der Waals surface area (Å²) in [5.41, 5.74) is 1.78. The van der Waals surface area contributed by atoms with Gasteiger partial charge >= 0.3 is 5.97 Å². The number of benzene rings is 2. The van der Waals surface area contributed by atoms with E-state index < -0.39 is 17.9 Å². The van der Waals surface area contributed by atoms with Crippen LogP contribution >= 0.6 is 11.6 Å². The van der Waals surface area contributed by atoms with Crippen LogP contribution in [0.1, 0.15) is 42.4 Å². The van der Waals surface area contributed by atoms with Gasteiger partial charge in [-0.1, -0.05) is 29.8 Å². The molecule has 0 bridgehead atoms. The van der Waals surface area contributed by atoms with Crippen molar-refractivity contribution in [2.45, 2.75) is 57.2 Å². The van der Waals surface area contributed by atoms with Crippen molar-refractivity contribution in [3.8, 4) is 0 Å². The summed E-state index contributed by atoms with van der Waals surface area (Å²) in [7, 11) is 1.34. The first-order chi connectivity index (χ1) is 20.2. The first kappa shape index (κ1) is 30.9. The van der Waals surface area contributed by atoms with Crippen molar-refractivity contribution < 1.29 is 27.8 Å². The standard InChI is InChI=1S/C32H40ClF2N3O4/c1-20-4-5-22(28(34)14-20)15-30(32(40)41-3)36-10-11-38(21(2)17-36)31(39)27-19-37(24-8-12-42-13-9-24)18-26(27)25-7-6-23(33)16-29(25)35/h4-7,14,16,21,24,26-27,30H,8-13,15,17-19H2,1-3H3/t21-,26-,27+,30-/m0/s1. The molecule has 1 amide bonds. The van der Waals surface area contributed by atoms with Crippen LogP contribution in [0.3, 0.4) is 0 Å². The van der Waals surface area contributed by atoms with Crippen LogP contribution in [0.2, 0.25) is 5.02 Å². The second kappa shape index (κ2) is 13.4. The Morgan fingerprint density at radius 1 is 1.05 bits per heavy atom. The summed E-state index contributed by atoms with van der Waals surface area (Å²) in [5.74, 6) is -1.87. The van der Waals surface area contributed by atoms with E-state index in [2.05, 4.69) is 4.90 Å². The fraction of sp³-hybridized carbons (Fsp3) is 0.562. The van der Waals surface area contributed by atoms with Gasteiger partial charge in [-0.25, -0.2) is 8.78 Å². The molecule has 7 nitrogen and oxygen atoms in total. The largest absolute Gasteiger partial charge is 0.468 e. The maximum atomic E-state index is 15.2. The quantitative estimate of drug-likeness (QED) is 0.436. The second-order valence-corrected chi connectivity index (χ2v) is 12.3. The molecule has 42 heavy (non-hydrogen) atoms. The molecule has 4 atom stereocenters. The Hall–Kier alpha value is -2.59. The van der Waals surface area contributed by atoms with Gasteiger partial charge < -0.3 is 14.4 Å². The molecule has 0 aliphatic carbocycles. The number of piperazine rings is 1. The van der Waals surface area contributed by atoms with Crippen LogP contribution in [0.15, 0.2) is 36.4 Å². The van der Waals surface area contributed by atoms with Crippen molar-refractivity contribution in [2.24, 2.45) is 5.92 Å². The van der Waals surface area contributed by atoms with E-state index in [1.165, 1.54) is 19.2 Å². The minimum Gasteiger partial charge on any atom is -0.468 e. The fourth-order valence-electron chi connectivity index (χ4n) is 6.88. The Morgan fingerprint density at radius 3 is 2.48 bits per heavy atom. The number of ether oxygens (including phenoxy) is 2. The maximum Gasteiger partial charge on any atom is 0.323 e. The van der Waals surface area contributed by atoms with Crippen molar-refractivity contribution in [2.75, 3.05) is 53.0 Å². The van der Waals surface area contributed by atoms with E-state index in [9.17, 15) is 14.0 Å². The van der Waals surface area contributed by atoms with Gasteiger partial charge in [0.15, 0.2) is 0 Å². The van der Waals surface area contributed by atoms with Gasteiger partial charge in [-0.05, 0) is 61.6 Å². The molecular weight excluding hydrogens is 564 g/mol. The smallest absolute Gasteiger partial charge is 0.323 e. The van der Waals surface area contributed by atoms with Crippen LogP contribution in [-0.4, -0.2) is 97.7 Å². The summed E-state index contributed by atoms with van der Waals surface area (Å²) in [5, 5.41) is 0.328. The van der Waals surface area contributed by atoms with Gasteiger partial charge in [-0.2, -0.15) is 0 Å². The average Bonchev–Trinajstić information content (AvgIpc) is 3.42. The lowest BCUT2D eigenvalue weighted by molar-refractivity contribution is -0.150. The van der Waals surface area contributed by atoms with Gasteiger partial charge in [0, 0.05) is 75.4 Å². The first-order valence-electron chi connectivity index (χ1n) is 14.8. The van der Waals surface area contributed by atoms with E-state index in [1.807, 2.05) is 29.7 Å². The number of methoxy groups -OCH3 is 1. The van der Waals surface area contributed by atoms with E-state index in [0.717, 1.165) is 18.4 Å². The molecule has 228 valence electrons. The zero-order valence-electron chi connectivity index (χ0n) is 24.5. The lowest BCUT2D eigenvalue weighted by Crippen LogP contribution is -2.59. The summed E-state index contributed by atoms with van der Waals surface area (Å²) < 4.78 is 40.5. The SMILES string of the molecule is COC(=O)[C@H](Cc1ccc(C)cc1F)N1CCN(C(=O)[C@@H]2CN(C3CCOCC3)C[C@H]2c2ccc(Cl)cc2F)[C@@H](C)C1. The van der Waals surface area contributed by atoms with Gasteiger partial charge in [-0.15, -0.1) is 0 Å². The number of nitrogens with zero attached hydrogens (tertiary/aromatic N) is 3. The third-order valence-electron chi connectivity index (χ3n) is 9.21. The summed E-state index contributed by atoms with van der Waals surface area (Å²) in [6.45, 7) is 7.61. The van der Waals surface area contributed by atoms with Crippen molar-refractivity contribution in [1.29, 1.82) is 0 Å². The number of halogens is 3. The summed E-state index contributed by atoms with van der Waals surface area (Å²) in [4.78, 5) is 33.2. The number of carbonyl (C=O) groups excluding carboxylic acids is 2. The number of carbonyl (C=O) groups is 2. The molecule has 3 aliphatic heterocycles. The number of amides is 1. The molecule has 0 spiro atoms. The van der Waals surface area contributed by atoms with Gasteiger partial charge in [0.2, 0.25) is 5.91 Å². The third kappa shape index (κ3) is 6.64. The molecule has 10 heteroatoms. The highest BCUT2D eigenvalue weighted by molar-refractivity contribution is 6.30. The van der Waals surface area contributed by atoms with Gasteiger partial charge in [0.05, 0.1) is 13.0 Å². The zero-order valence-corrected chi connectivity index (χ0v) is 25.3. The molecule has 0 N–H and O–H groups in total. The molecule has 0 saturated carbocycles. The minimum atomic E-state index is -0.668. The van der Waals surface area contributed by atoms with Gasteiger partial charge in [-0.3, -0.25) is 19.4 Å². The first-order valence-corrected chi connectivity index (χ1v) is 15.2. The van der Waals surface area contributed by atoms with E-state index in [1.54, 1.807) is 18.2 Å². The molecule has 5 rings (SSSR count). The molecule has 3 aliphatic rings. The topological polar surface area (TPSA) is 62.3 Å². The summed E-state index contributed by atoms with van der Waals surface area (Å²) in [6.07, 6.45) is 1.96. The molecule has 0 aromatic heterocycles. The van der Waals surface area contributed by atoms with Crippen molar-refractivity contribution in [3.05, 3.63) is 69.7 Å². The predicted molar refractivity (Wildman–Crippen MR) is 156 cm³/mol. The Morgan fingerprint density at radius 2 is 1.81 bits per heavy atom. The minimum absolute atomic E-state index is 0.00439. The van der Waals surface area contributed by atoms with Crippen LogP contribution < -0.4 is 0 Å². The summed E-state index contributed by atoms with van der Waals surface area (Å²) in [6, 6.07) is 9.15. The van der Waals surface area contributed by atoms with Gasteiger partial charge in [0.1, 0.15) is 17.7 Å². The van der Waals surface area contributed by atoms with Crippen LogP contribution in [0.5, 0.6) is 0 Å². The number of hydrogen-bond donors (Lipinski definition) is 0. The zero-order chi connectivity index (χ0) is 30.0. The third-order valence-corrected chi connectivity index (χ3v) is 9.45. The highest BCUT2D eigenvalue weighted by Gasteiger charge is 2.45. The lowest BCUT2D eigenvalue weighted by Gasteiger charge is -2.43. The molecule has 2 aromatic rings. The van der Waals surface area contributed by atoms with Crippen LogP contribution in [0, 0.1) is 24.5 Å². The monoisotopic (exact) mass is 603 g/mol.